The monoisotopic (exact) mass is 298 g/mol. The Morgan fingerprint density at radius 1 is 1.45 bits per heavy atom. The van der Waals surface area contributed by atoms with E-state index in [-0.39, 0.29) is 11.6 Å². The van der Waals surface area contributed by atoms with Crippen LogP contribution >= 0.6 is 0 Å². The minimum Gasteiger partial charge on any atom is -0.493 e. The van der Waals surface area contributed by atoms with Gasteiger partial charge in [-0.25, -0.2) is 10.4 Å². The molecule has 0 unspecified atom stereocenters. The number of ether oxygens (including phenoxy) is 1. The summed E-state index contributed by atoms with van der Waals surface area (Å²) in [4.78, 5) is 3.93. The number of anilines is 1. The number of rotatable bonds is 7. The van der Waals surface area contributed by atoms with Crippen molar-refractivity contribution in [3.05, 3.63) is 41.4 Å². The molecule has 0 spiro atoms. The third kappa shape index (κ3) is 4.09. The lowest BCUT2D eigenvalue weighted by Gasteiger charge is -2.07. The molecule has 6 nitrogen and oxygen atoms in total. The summed E-state index contributed by atoms with van der Waals surface area (Å²) in [6.45, 7) is 4.47. The molecule has 0 fully saturated rings. The van der Waals surface area contributed by atoms with Gasteiger partial charge in [-0.05, 0) is 18.6 Å². The van der Waals surface area contributed by atoms with Crippen LogP contribution in [0.4, 0.5) is 5.88 Å². The zero-order chi connectivity index (χ0) is 15.8. The highest BCUT2D eigenvalue weighted by molar-refractivity contribution is 5.83. The molecule has 0 saturated heterocycles. The number of aryl methyl sites for hydroxylation is 1. The highest BCUT2D eigenvalue weighted by Gasteiger charge is 2.09. The van der Waals surface area contributed by atoms with Crippen LogP contribution in [0.5, 0.6) is 5.75 Å². The van der Waals surface area contributed by atoms with Gasteiger partial charge in [-0.3, -0.25) is 0 Å². The van der Waals surface area contributed by atoms with E-state index in [0.717, 1.165) is 24.2 Å². The number of benzene rings is 1. The summed E-state index contributed by atoms with van der Waals surface area (Å²) in [5, 5.41) is 13.0. The Bertz CT molecular complexity index is 686. The van der Waals surface area contributed by atoms with E-state index < -0.39 is 0 Å². The third-order valence-electron chi connectivity index (χ3n) is 2.88. The Balaban J connectivity index is 2.05. The number of oxazole rings is 1. The maximum Gasteiger partial charge on any atom is 0.252 e. The largest absolute Gasteiger partial charge is 0.493 e. The number of nitrogens with one attached hydrogen (secondary N) is 1. The van der Waals surface area contributed by atoms with Crippen LogP contribution in [-0.2, 0) is 0 Å². The van der Waals surface area contributed by atoms with E-state index in [1.165, 1.54) is 0 Å². The van der Waals surface area contributed by atoms with Crippen LogP contribution in [0.2, 0.25) is 0 Å². The molecule has 1 N–H and O–H groups in total. The lowest BCUT2D eigenvalue weighted by Crippen LogP contribution is -2.00. The standard InChI is InChI=1S/C16H18N4O2/c1-3-4-9-21-15-8-6-5-7-13(15)11-18-20-16-14(10-17)19-12(2)22-16/h5-8,11,20H,3-4,9H2,1-2H3/b18-11+. The highest BCUT2D eigenvalue weighted by Crippen LogP contribution is 2.18. The summed E-state index contributed by atoms with van der Waals surface area (Å²) in [5.74, 6) is 1.42. The summed E-state index contributed by atoms with van der Waals surface area (Å²) < 4.78 is 11.0. The van der Waals surface area contributed by atoms with Crippen LogP contribution in [0.15, 0.2) is 33.8 Å². The molecule has 0 bridgehead atoms. The van der Waals surface area contributed by atoms with Gasteiger partial charge in [0.15, 0.2) is 5.89 Å². The van der Waals surface area contributed by atoms with E-state index in [1.54, 1.807) is 13.1 Å². The summed E-state index contributed by atoms with van der Waals surface area (Å²) in [5.41, 5.74) is 3.72. The first-order valence-corrected chi connectivity index (χ1v) is 7.13. The zero-order valence-electron chi connectivity index (χ0n) is 12.7. The number of nitriles is 1. The van der Waals surface area contributed by atoms with Crippen molar-refractivity contribution in [2.75, 3.05) is 12.0 Å². The summed E-state index contributed by atoms with van der Waals surface area (Å²) >= 11 is 0. The molecule has 2 aromatic rings. The minimum atomic E-state index is 0.183. The van der Waals surface area contributed by atoms with E-state index in [1.807, 2.05) is 30.3 Å². The maximum absolute atomic E-state index is 8.93. The molecule has 0 atom stereocenters. The van der Waals surface area contributed by atoms with Gasteiger partial charge in [0.2, 0.25) is 5.69 Å². The fraction of sp³-hybridized carbons (Fsp3) is 0.312. The van der Waals surface area contributed by atoms with Gasteiger partial charge in [0.05, 0.1) is 12.8 Å². The quantitative estimate of drug-likeness (QED) is 0.480. The predicted octanol–water partition coefficient (Wildman–Crippen LogP) is 3.48. The number of hydrogen-bond acceptors (Lipinski definition) is 6. The molecule has 1 heterocycles. The van der Waals surface area contributed by atoms with Crippen molar-refractivity contribution < 1.29 is 9.15 Å². The lowest BCUT2D eigenvalue weighted by atomic mass is 10.2. The molecule has 0 amide bonds. The molecule has 22 heavy (non-hydrogen) atoms. The Hall–Kier alpha value is -2.81. The fourth-order valence-corrected chi connectivity index (χ4v) is 1.78. The summed E-state index contributed by atoms with van der Waals surface area (Å²) in [6.07, 6.45) is 3.71. The summed E-state index contributed by atoms with van der Waals surface area (Å²) in [6, 6.07) is 9.58. The van der Waals surface area contributed by atoms with Gasteiger partial charge < -0.3 is 9.15 Å². The molecule has 0 aliphatic rings. The van der Waals surface area contributed by atoms with E-state index in [9.17, 15) is 0 Å². The molecular formula is C16H18N4O2. The topological polar surface area (TPSA) is 83.4 Å². The number of aromatic nitrogens is 1. The van der Waals surface area contributed by atoms with Gasteiger partial charge >= 0.3 is 0 Å². The molecule has 1 aromatic carbocycles. The maximum atomic E-state index is 8.93. The normalized spacial score (nSPS) is 10.6. The first kappa shape index (κ1) is 15.6. The van der Waals surface area contributed by atoms with Crippen molar-refractivity contribution in [1.29, 1.82) is 5.26 Å². The second kappa shape index (κ2) is 7.84. The predicted molar refractivity (Wildman–Crippen MR) is 84.0 cm³/mol. The first-order valence-electron chi connectivity index (χ1n) is 7.13. The average molecular weight is 298 g/mol. The van der Waals surface area contributed by atoms with Crippen LogP contribution in [0.1, 0.15) is 36.9 Å². The number of hydrogen-bond donors (Lipinski definition) is 1. The second-order valence-electron chi connectivity index (χ2n) is 4.63. The smallest absolute Gasteiger partial charge is 0.252 e. The van der Waals surface area contributed by atoms with E-state index in [0.29, 0.717) is 12.5 Å². The van der Waals surface area contributed by atoms with Crippen LogP contribution in [0.3, 0.4) is 0 Å². The van der Waals surface area contributed by atoms with E-state index in [2.05, 4.69) is 22.4 Å². The van der Waals surface area contributed by atoms with Crippen LogP contribution in [0.25, 0.3) is 0 Å². The number of hydrazone groups is 1. The lowest BCUT2D eigenvalue weighted by molar-refractivity contribution is 0.309. The van der Waals surface area contributed by atoms with Crippen molar-refractivity contribution in [2.45, 2.75) is 26.7 Å². The van der Waals surface area contributed by atoms with Gasteiger partial charge in [0, 0.05) is 12.5 Å². The van der Waals surface area contributed by atoms with Crippen molar-refractivity contribution in [2.24, 2.45) is 5.10 Å². The van der Waals surface area contributed by atoms with Crippen LogP contribution < -0.4 is 10.2 Å². The Labute approximate surface area is 129 Å². The van der Waals surface area contributed by atoms with Crippen molar-refractivity contribution in [3.8, 4) is 11.8 Å². The molecular weight excluding hydrogens is 280 g/mol. The van der Waals surface area contributed by atoms with Crippen LogP contribution in [-0.4, -0.2) is 17.8 Å². The van der Waals surface area contributed by atoms with E-state index >= 15 is 0 Å². The Kier molecular flexibility index (Phi) is 5.55. The average Bonchev–Trinajstić information content (AvgIpc) is 2.89. The number of unbranched alkanes of at least 4 members (excludes halogenated alkanes) is 1. The molecule has 0 radical (unpaired) electrons. The van der Waals surface area contributed by atoms with Crippen molar-refractivity contribution in [1.82, 2.24) is 4.98 Å². The molecule has 0 aliphatic carbocycles. The van der Waals surface area contributed by atoms with Gasteiger partial charge in [0.25, 0.3) is 5.88 Å². The molecule has 2 rings (SSSR count). The Morgan fingerprint density at radius 2 is 2.27 bits per heavy atom. The molecule has 114 valence electrons. The number of nitrogens with zero attached hydrogens (tertiary/aromatic N) is 3. The van der Waals surface area contributed by atoms with Crippen LogP contribution in [0, 0.1) is 18.3 Å². The first-order chi connectivity index (χ1) is 10.7. The van der Waals surface area contributed by atoms with Gasteiger partial charge in [-0.2, -0.15) is 10.4 Å². The zero-order valence-corrected chi connectivity index (χ0v) is 12.7. The van der Waals surface area contributed by atoms with E-state index in [4.69, 9.17) is 14.4 Å². The van der Waals surface area contributed by atoms with Gasteiger partial charge in [0.1, 0.15) is 11.8 Å². The highest BCUT2D eigenvalue weighted by atomic mass is 16.5. The molecule has 6 heteroatoms. The SMILES string of the molecule is CCCCOc1ccccc1/C=N/Nc1oc(C)nc1C#N. The number of para-hydroxylation sites is 1. The van der Waals surface area contributed by atoms with Crippen molar-refractivity contribution in [3.63, 3.8) is 0 Å². The molecule has 0 saturated carbocycles. The summed E-state index contributed by atoms with van der Waals surface area (Å²) in [7, 11) is 0. The third-order valence-corrected chi connectivity index (χ3v) is 2.88. The molecule has 0 aliphatic heterocycles. The van der Waals surface area contributed by atoms with Gasteiger partial charge in [-0.1, -0.05) is 25.5 Å². The molecule has 1 aromatic heterocycles. The minimum absolute atomic E-state index is 0.183. The Morgan fingerprint density at radius 3 is 3.05 bits per heavy atom. The van der Waals surface area contributed by atoms with Crippen molar-refractivity contribution >= 4 is 12.1 Å². The fourth-order valence-electron chi connectivity index (χ4n) is 1.78. The second-order valence-corrected chi connectivity index (χ2v) is 4.63. The van der Waals surface area contributed by atoms with Gasteiger partial charge in [-0.15, -0.1) is 0 Å².